The van der Waals surface area contributed by atoms with Crippen LogP contribution in [0.25, 0.3) is 11.1 Å². The molecule has 2 aromatic heterocycles. The van der Waals surface area contributed by atoms with E-state index in [2.05, 4.69) is 15.5 Å². The molecular weight excluding hydrogens is 302 g/mol. The molecule has 0 bridgehead atoms. The van der Waals surface area contributed by atoms with E-state index in [0.717, 1.165) is 22.5 Å². The predicted octanol–water partition coefficient (Wildman–Crippen LogP) is 4.52. The Labute approximate surface area is 141 Å². The fraction of sp³-hybridized carbons (Fsp3) is 0.316. The van der Waals surface area contributed by atoms with E-state index in [-0.39, 0.29) is 11.8 Å². The normalized spacial score (nSPS) is 11.2. The Bertz CT molecular complexity index is 926. The molecule has 0 radical (unpaired) electrons. The standard InChI is InChI=1S/C19H21N3O2/c1-10(2)15-9-14(17-13(5)22-24-19(17)21-15)18(23)20-16-8-11(3)6-7-12(16)4/h6-10H,1-5H3,(H,20,23). The van der Waals surface area contributed by atoms with Gasteiger partial charge in [-0.15, -0.1) is 0 Å². The van der Waals surface area contributed by atoms with E-state index in [9.17, 15) is 4.79 Å². The monoisotopic (exact) mass is 323 g/mol. The van der Waals surface area contributed by atoms with Crippen LogP contribution in [-0.4, -0.2) is 16.0 Å². The number of fused-ring (bicyclic) bond motifs is 1. The SMILES string of the molecule is Cc1ccc(C)c(NC(=O)c2cc(C(C)C)nc3onc(C)c23)c1. The zero-order valence-corrected chi connectivity index (χ0v) is 14.6. The summed E-state index contributed by atoms with van der Waals surface area (Å²) in [6.45, 7) is 9.85. The van der Waals surface area contributed by atoms with Crippen LogP contribution >= 0.6 is 0 Å². The second-order valence-corrected chi connectivity index (χ2v) is 6.47. The van der Waals surface area contributed by atoms with Crippen LogP contribution in [0.5, 0.6) is 0 Å². The van der Waals surface area contributed by atoms with Crippen molar-refractivity contribution in [3.05, 3.63) is 52.3 Å². The smallest absolute Gasteiger partial charge is 0.259 e. The summed E-state index contributed by atoms with van der Waals surface area (Å²) in [5.74, 6) is 0.0105. The molecule has 1 N–H and O–H groups in total. The minimum Gasteiger partial charge on any atom is -0.336 e. The van der Waals surface area contributed by atoms with E-state index in [0.29, 0.717) is 22.4 Å². The van der Waals surface area contributed by atoms with Gasteiger partial charge in [-0.3, -0.25) is 4.79 Å². The van der Waals surface area contributed by atoms with E-state index in [1.807, 2.05) is 58.9 Å². The Morgan fingerprint density at radius 2 is 1.92 bits per heavy atom. The van der Waals surface area contributed by atoms with Gasteiger partial charge in [0.2, 0.25) is 0 Å². The van der Waals surface area contributed by atoms with Crippen molar-refractivity contribution < 1.29 is 9.32 Å². The Morgan fingerprint density at radius 1 is 1.17 bits per heavy atom. The van der Waals surface area contributed by atoms with Gasteiger partial charge < -0.3 is 9.84 Å². The summed E-state index contributed by atoms with van der Waals surface area (Å²) < 4.78 is 5.28. The summed E-state index contributed by atoms with van der Waals surface area (Å²) in [6.07, 6.45) is 0. The summed E-state index contributed by atoms with van der Waals surface area (Å²) in [4.78, 5) is 17.4. The average Bonchev–Trinajstić information content (AvgIpc) is 2.91. The first-order valence-corrected chi connectivity index (χ1v) is 8.02. The number of aryl methyl sites for hydroxylation is 3. The molecule has 1 amide bonds. The van der Waals surface area contributed by atoms with Gasteiger partial charge in [-0.2, -0.15) is 0 Å². The molecular formula is C19H21N3O2. The number of nitrogens with zero attached hydrogens (tertiary/aromatic N) is 2. The molecule has 0 spiro atoms. The third-order valence-electron chi connectivity index (χ3n) is 4.11. The van der Waals surface area contributed by atoms with Crippen LogP contribution in [0.15, 0.2) is 28.8 Å². The number of benzene rings is 1. The van der Waals surface area contributed by atoms with Crippen molar-refractivity contribution in [2.24, 2.45) is 0 Å². The molecule has 0 aliphatic rings. The first-order chi connectivity index (χ1) is 11.4. The molecule has 5 nitrogen and oxygen atoms in total. The lowest BCUT2D eigenvalue weighted by Crippen LogP contribution is -2.14. The van der Waals surface area contributed by atoms with Gasteiger partial charge in [0, 0.05) is 11.4 Å². The topological polar surface area (TPSA) is 68.0 Å². The number of aromatic nitrogens is 2. The van der Waals surface area contributed by atoms with Crippen LogP contribution in [0.3, 0.4) is 0 Å². The van der Waals surface area contributed by atoms with Crippen LogP contribution in [0.2, 0.25) is 0 Å². The summed E-state index contributed by atoms with van der Waals surface area (Å²) in [6, 6.07) is 7.82. The number of carbonyl (C=O) groups excluding carboxylic acids is 1. The van der Waals surface area contributed by atoms with E-state index in [1.165, 1.54) is 0 Å². The number of carbonyl (C=O) groups is 1. The van der Waals surface area contributed by atoms with Gasteiger partial charge in [0.05, 0.1) is 16.6 Å². The highest BCUT2D eigenvalue weighted by Gasteiger charge is 2.20. The van der Waals surface area contributed by atoms with Gasteiger partial charge in [0.25, 0.3) is 11.6 Å². The maximum absolute atomic E-state index is 12.9. The number of pyridine rings is 1. The number of rotatable bonds is 3. The highest BCUT2D eigenvalue weighted by atomic mass is 16.5. The van der Waals surface area contributed by atoms with Crippen molar-refractivity contribution >= 4 is 22.7 Å². The molecule has 124 valence electrons. The molecule has 2 heterocycles. The summed E-state index contributed by atoms with van der Waals surface area (Å²) in [5.41, 5.74) is 5.35. The first kappa shape index (κ1) is 16.2. The molecule has 0 saturated carbocycles. The molecule has 0 fully saturated rings. The Balaban J connectivity index is 2.08. The van der Waals surface area contributed by atoms with Crippen LogP contribution < -0.4 is 5.32 Å². The molecule has 0 saturated heterocycles. The molecule has 5 heteroatoms. The van der Waals surface area contributed by atoms with Gasteiger partial charge in [-0.25, -0.2) is 4.98 Å². The Kier molecular flexibility index (Phi) is 4.09. The van der Waals surface area contributed by atoms with Crippen molar-refractivity contribution in [1.29, 1.82) is 0 Å². The van der Waals surface area contributed by atoms with E-state index >= 15 is 0 Å². The lowest BCUT2D eigenvalue weighted by molar-refractivity contribution is 0.102. The maximum atomic E-state index is 12.9. The maximum Gasteiger partial charge on any atom is 0.259 e. The second-order valence-electron chi connectivity index (χ2n) is 6.47. The zero-order valence-electron chi connectivity index (χ0n) is 14.6. The predicted molar refractivity (Wildman–Crippen MR) is 94.5 cm³/mol. The van der Waals surface area contributed by atoms with Crippen LogP contribution in [0, 0.1) is 20.8 Å². The quantitative estimate of drug-likeness (QED) is 0.769. The Morgan fingerprint density at radius 3 is 2.62 bits per heavy atom. The second kappa shape index (κ2) is 6.07. The minimum atomic E-state index is -0.177. The Hall–Kier alpha value is -2.69. The number of hydrogen-bond acceptors (Lipinski definition) is 4. The van der Waals surface area contributed by atoms with E-state index in [4.69, 9.17) is 4.52 Å². The van der Waals surface area contributed by atoms with Crippen molar-refractivity contribution in [3.63, 3.8) is 0 Å². The highest BCUT2D eigenvalue weighted by molar-refractivity contribution is 6.12. The van der Waals surface area contributed by atoms with Gasteiger partial charge in [-0.05, 0) is 49.9 Å². The number of nitrogens with one attached hydrogen (secondary N) is 1. The van der Waals surface area contributed by atoms with Gasteiger partial charge >= 0.3 is 0 Å². The number of amides is 1. The van der Waals surface area contributed by atoms with E-state index < -0.39 is 0 Å². The number of anilines is 1. The van der Waals surface area contributed by atoms with E-state index in [1.54, 1.807) is 0 Å². The highest BCUT2D eigenvalue weighted by Crippen LogP contribution is 2.26. The third-order valence-corrected chi connectivity index (χ3v) is 4.11. The molecule has 0 aliphatic heterocycles. The van der Waals surface area contributed by atoms with Gasteiger partial charge in [0.15, 0.2) is 0 Å². The van der Waals surface area contributed by atoms with Crippen molar-refractivity contribution in [1.82, 2.24) is 10.1 Å². The largest absolute Gasteiger partial charge is 0.336 e. The van der Waals surface area contributed by atoms with Crippen LogP contribution in [0.1, 0.15) is 52.6 Å². The molecule has 3 aromatic rings. The lowest BCUT2D eigenvalue weighted by Gasteiger charge is -2.12. The van der Waals surface area contributed by atoms with Crippen molar-refractivity contribution in [2.75, 3.05) is 5.32 Å². The minimum absolute atomic E-state index is 0.177. The van der Waals surface area contributed by atoms with Gasteiger partial charge in [-0.1, -0.05) is 31.1 Å². The zero-order chi connectivity index (χ0) is 17.4. The summed E-state index contributed by atoms with van der Waals surface area (Å²) in [5, 5.41) is 7.64. The third kappa shape index (κ3) is 2.89. The molecule has 0 unspecified atom stereocenters. The van der Waals surface area contributed by atoms with Gasteiger partial charge in [0.1, 0.15) is 0 Å². The first-order valence-electron chi connectivity index (χ1n) is 8.02. The number of hydrogen-bond donors (Lipinski definition) is 1. The van der Waals surface area contributed by atoms with Crippen LogP contribution in [-0.2, 0) is 0 Å². The molecule has 3 rings (SSSR count). The van der Waals surface area contributed by atoms with Crippen LogP contribution in [0.4, 0.5) is 5.69 Å². The fourth-order valence-electron chi connectivity index (χ4n) is 2.65. The molecule has 24 heavy (non-hydrogen) atoms. The van der Waals surface area contributed by atoms with Crippen molar-refractivity contribution in [2.45, 2.75) is 40.5 Å². The molecule has 0 aliphatic carbocycles. The average molecular weight is 323 g/mol. The lowest BCUT2D eigenvalue weighted by atomic mass is 10.0. The summed E-state index contributed by atoms with van der Waals surface area (Å²) in [7, 11) is 0. The molecule has 0 atom stereocenters. The molecule has 1 aromatic carbocycles. The summed E-state index contributed by atoms with van der Waals surface area (Å²) >= 11 is 0. The fourth-order valence-corrected chi connectivity index (χ4v) is 2.65. The van der Waals surface area contributed by atoms with Crippen molar-refractivity contribution in [3.8, 4) is 0 Å².